The summed E-state index contributed by atoms with van der Waals surface area (Å²) >= 11 is 1.35. The number of aryl methyl sites for hydroxylation is 1. The van der Waals surface area contributed by atoms with Gasteiger partial charge in [-0.2, -0.15) is 5.10 Å². The summed E-state index contributed by atoms with van der Waals surface area (Å²) in [7, 11) is 3.55. The molecule has 2 heterocycles. The molecule has 0 aliphatic rings. The van der Waals surface area contributed by atoms with Gasteiger partial charge in [-0.15, -0.1) is 5.10 Å². The molecule has 6 nitrogen and oxygen atoms in total. The fourth-order valence-electron chi connectivity index (χ4n) is 1.84. The van der Waals surface area contributed by atoms with Crippen molar-refractivity contribution in [3.05, 3.63) is 23.0 Å². The predicted molar refractivity (Wildman–Crippen MR) is 69.8 cm³/mol. The Morgan fingerprint density at radius 3 is 3.00 bits per heavy atom. The molecule has 0 amide bonds. The maximum absolute atomic E-state index is 5.36. The smallest absolute Gasteiger partial charge is 0.161 e. The standard InChI is InChI=1S/C11H17N5OS/c1-4-5-12-10(8-7-18-15-14-8)11-9(17-3)6-13-16(11)2/h6-7,10,12H,4-5H2,1-3H3. The van der Waals surface area contributed by atoms with E-state index >= 15 is 0 Å². The maximum Gasteiger partial charge on any atom is 0.161 e. The average molecular weight is 267 g/mol. The van der Waals surface area contributed by atoms with Crippen LogP contribution in [0.1, 0.15) is 30.8 Å². The minimum atomic E-state index is -0.0360. The number of nitrogens with one attached hydrogen (secondary N) is 1. The van der Waals surface area contributed by atoms with E-state index in [1.165, 1.54) is 11.5 Å². The first-order valence-electron chi connectivity index (χ1n) is 5.84. The van der Waals surface area contributed by atoms with Gasteiger partial charge in [-0.3, -0.25) is 4.68 Å². The van der Waals surface area contributed by atoms with Crippen LogP contribution in [0.3, 0.4) is 0 Å². The van der Waals surface area contributed by atoms with E-state index in [4.69, 9.17) is 4.74 Å². The average Bonchev–Trinajstić information content (AvgIpc) is 3.01. The first-order chi connectivity index (χ1) is 8.77. The van der Waals surface area contributed by atoms with E-state index in [0.717, 1.165) is 30.1 Å². The number of hydrogen-bond donors (Lipinski definition) is 1. The van der Waals surface area contributed by atoms with Gasteiger partial charge in [-0.1, -0.05) is 11.4 Å². The third-order valence-corrected chi connectivity index (χ3v) is 3.24. The van der Waals surface area contributed by atoms with Gasteiger partial charge in [0.25, 0.3) is 0 Å². The molecule has 2 aromatic rings. The number of hydrogen-bond acceptors (Lipinski definition) is 6. The van der Waals surface area contributed by atoms with Crippen molar-refractivity contribution in [3.8, 4) is 5.75 Å². The molecule has 2 aromatic heterocycles. The van der Waals surface area contributed by atoms with E-state index in [2.05, 4.69) is 26.9 Å². The highest BCUT2D eigenvalue weighted by molar-refractivity contribution is 7.03. The molecule has 7 heteroatoms. The molecule has 1 N–H and O–H groups in total. The zero-order valence-electron chi connectivity index (χ0n) is 10.8. The molecule has 1 unspecified atom stereocenters. The van der Waals surface area contributed by atoms with Crippen LogP contribution in [0.5, 0.6) is 5.75 Å². The molecule has 0 aliphatic carbocycles. The SMILES string of the molecule is CCCNC(c1csnn1)c1c(OC)cnn1C. The van der Waals surface area contributed by atoms with E-state index in [0.29, 0.717) is 0 Å². The van der Waals surface area contributed by atoms with Crippen LogP contribution in [0.15, 0.2) is 11.6 Å². The van der Waals surface area contributed by atoms with Crippen LogP contribution in [-0.4, -0.2) is 33.0 Å². The highest BCUT2D eigenvalue weighted by Gasteiger charge is 2.23. The van der Waals surface area contributed by atoms with E-state index < -0.39 is 0 Å². The summed E-state index contributed by atoms with van der Waals surface area (Å²) in [5, 5.41) is 13.8. The van der Waals surface area contributed by atoms with Crippen LogP contribution in [0.4, 0.5) is 0 Å². The molecule has 0 saturated carbocycles. The summed E-state index contributed by atoms with van der Waals surface area (Å²) in [6.45, 7) is 3.03. The Hall–Kier alpha value is -1.47. The predicted octanol–water partition coefficient (Wildman–Crippen LogP) is 1.37. The Morgan fingerprint density at radius 2 is 2.39 bits per heavy atom. The molecule has 0 spiro atoms. The van der Waals surface area contributed by atoms with Gasteiger partial charge in [0.2, 0.25) is 0 Å². The quantitative estimate of drug-likeness (QED) is 0.856. The number of nitrogens with zero attached hydrogens (tertiary/aromatic N) is 4. The zero-order valence-corrected chi connectivity index (χ0v) is 11.6. The van der Waals surface area contributed by atoms with Gasteiger partial charge in [0.1, 0.15) is 5.69 Å². The topological polar surface area (TPSA) is 64.9 Å². The van der Waals surface area contributed by atoms with Crippen LogP contribution in [0, 0.1) is 0 Å². The summed E-state index contributed by atoms with van der Waals surface area (Å²) in [6, 6.07) is -0.0360. The van der Waals surface area contributed by atoms with Crippen molar-refractivity contribution in [1.82, 2.24) is 24.7 Å². The highest BCUT2D eigenvalue weighted by Crippen LogP contribution is 2.28. The second-order valence-electron chi connectivity index (χ2n) is 3.94. The van der Waals surface area contributed by atoms with Gasteiger partial charge < -0.3 is 10.1 Å². The highest BCUT2D eigenvalue weighted by atomic mass is 32.1. The normalized spacial score (nSPS) is 12.6. The molecule has 0 saturated heterocycles. The molecular formula is C11H17N5OS. The molecule has 2 rings (SSSR count). The molecule has 0 bridgehead atoms. The van der Waals surface area contributed by atoms with E-state index in [1.807, 2.05) is 17.1 Å². The van der Waals surface area contributed by atoms with Crippen molar-refractivity contribution in [2.24, 2.45) is 7.05 Å². The summed E-state index contributed by atoms with van der Waals surface area (Å²) in [5.74, 6) is 0.763. The summed E-state index contributed by atoms with van der Waals surface area (Å²) in [6.07, 6.45) is 2.77. The van der Waals surface area contributed by atoms with Crippen molar-refractivity contribution in [2.75, 3.05) is 13.7 Å². The molecule has 1 atom stereocenters. The molecule has 18 heavy (non-hydrogen) atoms. The Bertz CT molecular complexity index is 482. The molecular weight excluding hydrogens is 250 g/mol. The van der Waals surface area contributed by atoms with Crippen LogP contribution in [-0.2, 0) is 7.05 Å². The van der Waals surface area contributed by atoms with Crippen molar-refractivity contribution in [2.45, 2.75) is 19.4 Å². The number of methoxy groups -OCH3 is 1. The fourth-order valence-corrected chi connectivity index (χ4v) is 2.32. The maximum atomic E-state index is 5.36. The van der Waals surface area contributed by atoms with E-state index in [9.17, 15) is 0 Å². The van der Waals surface area contributed by atoms with Crippen LogP contribution in [0.25, 0.3) is 0 Å². The second-order valence-corrected chi connectivity index (χ2v) is 4.55. The van der Waals surface area contributed by atoms with Crippen molar-refractivity contribution in [3.63, 3.8) is 0 Å². The molecule has 0 radical (unpaired) electrons. The van der Waals surface area contributed by atoms with Crippen molar-refractivity contribution >= 4 is 11.5 Å². The molecule has 0 aliphatic heterocycles. The molecule has 0 aromatic carbocycles. The molecule has 0 fully saturated rings. The lowest BCUT2D eigenvalue weighted by molar-refractivity contribution is 0.399. The number of rotatable bonds is 6. The van der Waals surface area contributed by atoms with Crippen molar-refractivity contribution in [1.29, 1.82) is 0 Å². The fraction of sp³-hybridized carbons (Fsp3) is 0.545. The lowest BCUT2D eigenvalue weighted by Crippen LogP contribution is -2.26. The van der Waals surface area contributed by atoms with Crippen molar-refractivity contribution < 1.29 is 4.74 Å². The monoisotopic (exact) mass is 267 g/mol. The Morgan fingerprint density at radius 1 is 1.56 bits per heavy atom. The lowest BCUT2D eigenvalue weighted by atomic mass is 10.1. The largest absolute Gasteiger partial charge is 0.493 e. The van der Waals surface area contributed by atoms with E-state index in [-0.39, 0.29) is 6.04 Å². The second kappa shape index (κ2) is 5.92. The summed E-state index contributed by atoms with van der Waals surface area (Å²) in [5.41, 5.74) is 1.87. The van der Waals surface area contributed by atoms with Gasteiger partial charge in [-0.25, -0.2) is 0 Å². The summed E-state index contributed by atoms with van der Waals surface area (Å²) < 4.78 is 11.1. The first-order valence-corrected chi connectivity index (χ1v) is 6.67. The van der Waals surface area contributed by atoms with E-state index in [1.54, 1.807) is 13.3 Å². The number of aromatic nitrogens is 4. The van der Waals surface area contributed by atoms with Crippen LogP contribution >= 0.6 is 11.5 Å². The summed E-state index contributed by atoms with van der Waals surface area (Å²) in [4.78, 5) is 0. The van der Waals surface area contributed by atoms with Gasteiger partial charge >= 0.3 is 0 Å². The minimum absolute atomic E-state index is 0.0360. The third-order valence-electron chi connectivity index (χ3n) is 2.71. The number of ether oxygens (including phenoxy) is 1. The van der Waals surface area contributed by atoms with Crippen LogP contribution in [0.2, 0.25) is 0 Å². The molecule has 98 valence electrons. The Balaban J connectivity index is 2.36. The van der Waals surface area contributed by atoms with Crippen LogP contribution < -0.4 is 10.1 Å². The zero-order chi connectivity index (χ0) is 13.0. The first kappa shape index (κ1) is 13.0. The third kappa shape index (κ3) is 2.51. The Labute approximate surface area is 110 Å². The van der Waals surface area contributed by atoms with Gasteiger partial charge in [-0.05, 0) is 24.5 Å². The Kier molecular flexibility index (Phi) is 4.27. The lowest BCUT2D eigenvalue weighted by Gasteiger charge is -2.17. The van der Waals surface area contributed by atoms with Gasteiger partial charge in [0.05, 0.1) is 25.0 Å². The minimum Gasteiger partial charge on any atom is -0.493 e. The van der Waals surface area contributed by atoms with Gasteiger partial charge in [0, 0.05) is 12.4 Å². The van der Waals surface area contributed by atoms with Gasteiger partial charge in [0.15, 0.2) is 5.75 Å².